The number of ether oxygens (including phenoxy) is 1. The Labute approximate surface area is 113 Å². The second-order valence-corrected chi connectivity index (χ2v) is 4.75. The molecule has 0 amide bonds. The molecule has 5 nitrogen and oxygen atoms in total. The predicted molar refractivity (Wildman–Crippen MR) is 74.3 cm³/mol. The maximum absolute atomic E-state index is 8.85. The molecule has 1 saturated heterocycles. The third-order valence-corrected chi connectivity index (χ3v) is 3.60. The zero-order valence-corrected chi connectivity index (χ0v) is 11.2. The molecule has 1 aromatic carbocycles. The van der Waals surface area contributed by atoms with Crippen LogP contribution in [0.3, 0.4) is 0 Å². The zero-order chi connectivity index (χ0) is 13.7. The molecule has 0 spiro atoms. The molecule has 1 aromatic rings. The van der Waals surface area contributed by atoms with Gasteiger partial charge in [-0.05, 0) is 12.0 Å². The first-order chi connectivity index (χ1) is 9.26. The molecule has 2 rings (SSSR count). The maximum atomic E-state index is 8.85. The number of benzene rings is 1. The van der Waals surface area contributed by atoms with Crippen LogP contribution in [0.25, 0.3) is 0 Å². The molecule has 0 saturated carbocycles. The fourth-order valence-corrected chi connectivity index (χ4v) is 2.45. The molecule has 1 unspecified atom stereocenters. The van der Waals surface area contributed by atoms with E-state index >= 15 is 0 Å². The van der Waals surface area contributed by atoms with E-state index in [2.05, 4.69) is 17.0 Å². The van der Waals surface area contributed by atoms with Crippen LogP contribution in [-0.2, 0) is 11.3 Å². The number of amidine groups is 1. The van der Waals surface area contributed by atoms with E-state index in [9.17, 15) is 0 Å². The molecule has 0 radical (unpaired) electrons. The maximum Gasteiger partial charge on any atom is 0.170 e. The Morgan fingerprint density at radius 3 is 3.05 bits per heavy atom. The van der Waals surface area contributed by atoms with Crippen molar-refractivity contribution in [2.45, 2.75) is 25.9 Å². The van der Waals surface area contributed by atoms with Gasteiger partial charge in [0.15, 0.2) is 5.84 Å². The summed E-state index contributed by atoms with van der Waals surface area (Å²) in [6.45, 7) is 5.43. The summed E-state index contributed by atoms with van der Waals surface area (Å²) in [5, 5.41) is 11.9. The molecule has 5 heteroatoms. The average Bonchev–Trinajstić information content (AvgIpc) is 2.47. The topological polar surface area (TPSA) is 71.1 Å². The van der Waals surface area contributed by atoms with E-state index in [0.29, 0.717) is 6.04 Å². The van der Waals surface area contributed by atoms with Gasteiger partial charge in [0.25, 0.3) is 0 Å². The van der Waals surface area contributed by atoms with Gasteiger partial charge in [-0.25, -0.2) is 0 Å². The number of nitrogens with zero attached hydrogens (tertiary/aromatic N) is 2. The number of morpholine rings is 1. The van der Waals surface area contributed by atoms with Gasteiger partial charge in [-0.1, -0.05) is 36.3 Å². The normalized spacial score (nSPS) is 21.5. The summed E-state index contributed by atoms with van der Waals surface area (Å²) in [4.78, 5) is 2.40. The van der Waals surface area contributed by atoms with Crippen LogP contribution < -0.4 is 5.73 Å². The van der Waals surface area contributed by atoms with Crippen LogP contribution in [0.2, 0.25) is 0 Å². The molecule has 1 fully saturated rings. The van der Waals surface area contributed by atoms with Gasteiger partial charge in [-0.15, -0.1) is 0 Å². The minimum absolute atomic E-state index is 0.164. The average molecular weight is 263 g/mol. The Kier molecular flexibility index (Phi) is 4.76. The standard InChI is InChI=1S/C14H21N3O2/c1-2-12-10-19-8-7-17(12)9-11-5-3-4-6-13(11)14(15)16-18/h3-6,12,18H,2,7-10H2,1H3,(H2,15,16). The first kappa shape index (κ1) is 13.8. The Morgan fingerprint density at radius 1 is 1.53 bits per heavy atom. The van der Waals surface area contributed by atoms with E-state index in [1.807, 2.05) is 24.3 Å². The molecule has 1 heterocycles. The van der Waals surface area contributed by atoms with Crippen LogP contribution in [0.5, 0.6) is 0 Å². The lowest BCUT2D eigenvalue weighted by molar-refractivity contribution is -0.0127. The van der Waals surface area contributed by atoms with Crippen LogP contribution in [0, 0.1) is 0 Å². The van der Waals surface area contributed by atoms with E-state index in [4.69, 9.17) is 15.7 Å². The highest BCUT2D eigenvalue weighted by molar-refractivity contribution is 5.98. The highest BCUT2D eigenvalue weighted by Crippen LogP contribution is 2.17. The Morgan fingerprint density at radius 2 is 2.32 bits per heavy atom. The van der Waals surface area contributed by atoms with Crippen LogP contribution in [-0.4, -0.2) is 41.7 Å². The molecule has 1 atom stereocenters. The number of rotatable bonds is 4. The van der Waals surface area contributed by atoms with E-state index in [1.165, 1.54) is 0 Å². The van der Waals surface area contributed by atoms with E-state index in [-0.39, 0.29) is 5.84 Å². The minimum Gasteiger partial charge on any atom is -0.409 e. The van der Waals surface area contributed by atoms with Crippen molar-refractivity contribution < 1.29 is 9.94 Å². The smallest absolute Gasteiger partial charge is 0.170 e. The van der Waals surface area contributed by atoms with Gasteiger partial charge in [-0.2, -0.15) is 0 Å². The van der Waals surface area contributed by atoms with Crippen LogP contribution in [0.1, 0.15) is 24.5 Å². The monoisotopic (exact) mass is 263 g/mol. The van der Waals surface area contributed by atoms with Gasteiger partial charge in [0.1, 0.15) is 0 Å². The predicted octanol–water partition coefficient (Wildman–Crippen LogP) is 1.39. The first-order valence-electron chi connectivity index (χ1n) is 6.63. The summed E-state index contributed by atoms with van der Waals surface area (Å²) in [7, 11) is 0. The van der Waals surface area contributed by atoms with Gasteiger partial charge >= 0.3 is 0 Å². The summed E-state index contributed by atoms with van der Waals surface area (Å²) in [6.07, 6.45) is 1.06. The summed E-state index contributed by atoms with van der Waals surface area (Å²) < 4.78 is 5.51. The third kappa shape index (κ3) is 3.24. The van der Waals surface area contributed by atoms with Crippen molar-refractivity contribution in [3.63, 3.8) is 0 Å². The molecular weight excluding hydrogens is 242 g/mol. The summed E-state index contributed by atoms with van der Waals surface area (Å²) in [6, 6.07) is 8.22. The fourth-order valence-electron chi connectivity index (χ4n) is 2.45. The number of nitrogens with two attached hydrogens (primary N) is 1. The van der Waals surface area contributed by atoms with Gasteiger partial charge in [0.05, 0.1) is 13.2 Å². The lowest BCUT2D eigenvalue weighted by Crippen LogP contribution is -2.44. The summed E-state index contributed by atoms with van der Waals surface area (Å²) in [5.74, 6) is 0.164. The lowest BCUT2D eigenvalue weighted by Gasteiger charge is -2.35. The highest BCUT2D eigenvalue weighted by atomic mass is 16.5. The van der Waals surface area contributed by atoms with Crippen molar-refractivity contribution in [3.8, 4) is 0 Å². The van der Waals surface area contributed by atoms with Crippen molar-refractivity contribution in [1.82, 2.24) is 4.90 Å². The van der Waals surface area contributed by atoms with Gasteiger partial charge in [0, 0.05) is 24.7 Å². The van der Waals surface area contributed by atoms with Crippen LogP contribution in [0.15, 0.2) is 29.4 Å². The Balaban J connectivity index is 2.18. The zero-order valence-electron chi connectivity index (χ0n) is 11.2. The number of hydrogen-bond acceptors (Lipinski definition) is 4. The molecular formula is C14H21N3O2. The van der Waals surface area contributed by atoms with Crippen LogP contribution in [0.4, 0.5) is 0 Å². The van der Waals surface area contributed by atoms with Crippen molar-refractivity contribution in [2.75, 3.05) is 19.8 Å². The quantitative estimate of drug-likeness (QED) is 0.373. The molecule has 0 aliphatic carbocycles. The number of oxime groups is 1. The molecule has 104 valence electrons. The van der Waals surface area contributed by atoms with Gasteiger partial charge in [-0.3, -0.25) is 4.90 Å². The second kappa shape index (κ2) is 6.54. The fraction of sp³-hybridized carbons (Fsp3) is 0.500. The van der Waals surface area contributed by atoms with E-state index in [1.54, 1.807) is 0 Å². The van der Waals surface area contributed by atoms with Gasteiger partial charge in [0.2, 0.25) is 0 Å². The van der Waals surface area contributed by atoms with Gasteiger partial charge < -0.3 is 15.7 Å². The van der Waals surface area contributed by atoms with E-state index < -0.39 is 0 Å². The summed E-state index contributed by atoms with van der Waals surface area (Å²) >= 11 is 0. The molecule has 3 N–H and O–H groups in total. The van der Waals surface area contributed by atoms with Crippen molar-refractivity contribution >= 4 is 5.84 Å². The Bertz CT molecular complexity index is 448. The second-order valence-electron chi connectivity index (χ2n) is 4.75. The molecule has 0 bridgehead atoms. The number of hydrogen-bond donors (Lipinski definition) is 2. The molecule has 1 aliphatic heterocycles. The largest absolute Gasteiger partial charge is 0.409 e. The third-order valence-electron chi connectivity index (χ3n) is 3.60. The minimum atomic E-state index is 0.164. The van der Waals surface area contributed by atoms with Crippen LogP contribution >= 0.6 is 0 Å². The van der Waals surface area contributed by atoms with E-state index in [0.717, 1.165) is 43.9 Å². The highest BCUT2D eigenvalue weighted by Gasteiger charge is 2.22. The summed E-state index contributed by atoms with van der Waals surface area (Å²) in [5.41, 5.74) is 7.60. The van der Waals surface area contributed by atoms with Crippen molar-refractivity contribution in [2.24, 2.45) is 10.9 Å². The van der Waals surface area contributed by atoms with Crippen molar-refractivity contribution in [3.05, 3.63) is 35.4 Å². The molecule has 1 aliphatic rings. The molecule has 0 aromatic heterocycles. The SMILES string of the molecule is CCC1COCCN1Cc1ccccc1/C(N)=N/O. The van der Waals surface area contributed by atoms with Crippen molar-refractivity contribution in [1.29, 1.82) is 0 Å². The lowest BCUT2D eigenvalue weighted by atomic mass is 10.0. The Hall–Kier alpha value is -1.59. The first-order valence-corrected chi connectivity index (χ1v) is 6.63. The molecule has 19 heavy (non-hydrogen) atoms.